The molecule has 5 aliphatic rings. The Hall–Kier alpha value is -2.83. The predicted octanol–water partition coefficient (Wildman–Crippen LogP) is 2.46. The average molecular weight is 601 g/mol. The highest BCUT2D eigenvalue weighted by Crippen LogP contribution is 2.52. The van der Waals surface area contributed by atoms with Gasteiger partial charge in [-0.25, -0.2) is 0 Å². The highest BCUT2D eigenvalue weighted by molar-refractivity contribution is 6.27. The van der Waals surface area contributed by atoms with Crippen LogP contribution in [0.2, 0.25) is 0 Å². The molecule has 0 aromatic rings. The molecular formula is C32H44N2O9. The van der Waals surface area contributed by atoms with E-state index >= 15 is 0 Å². The van der Waals surface area contributed by atoms with Gasteiger partial charge in [-0.1, -0.05) is 44.6 Å². The summed E-state index contributed by atoms with van der Waals surface area (Å²) in [5.41, 5.74) is -0.127. The first-order valence-corrected chi connectivity index (χ1v) is 15.1. The van der Waals surface area contributed by atoms with Gasteiger partial charge in [-0.05, 0) is 45.8 Å². The summed E-state index contributed by atoms with van der Waals surface area (Å²) in [5.74, 6) is -3.93. The van der Waals surface area contributed by atoms with Crippen LogP contribution in [0, 0.1) is 17.8 Å². The molecular weight excluding hydrogens is 556 g/mol. The molecule has 2 amide bonds. The largest absolute Gasteiger partial charge is 0.507 e. The third-order valence-corrected chi connectivity index (χ3v) is 9.67. The summed E-state index contributed by atoms with van der Waals surface area (Å²) in [6.45, 7) is 11.7. The van der Waals surface area contributed by atoms with Gasteiger partial charge in [0, 0.05) is 18.9 Å². The zero-order valence-corrected chi connectivity index (χ0v) is 25.9. The molecule has 11 nitrogen and oxygen atoms in total. The summed E-state index contributed by atoms with van der Waals surface area (Å²) in [5, 5.41) is 23.7. The summed E-state index contributed by atoms with van der Waals surface area (Å²) in [6.07, 6.45) is 7.46. The molecule has 0 radical (unpaired) electrons. The smallest absolute Gasteiger partial charge is 0.264 e. The van der Waals surface area contributed by atoms with Crippen molar-refractivity contribution in [2.24, 2.45) is 17.8 Å². The van der Waals surface area contributed by atoms with Gasteiger partial charge >= 0.3 is 0 Å². The van der Waals surface area contributed by atoms with Crippen LogP contribution >= 0.6 is 0 Å². The summed E-state index contributed by atoms with van der Waals surface area (Å²) in [7, 11) is 1.46. The Morgan fingerprint density at radius 3 is 2.51 bits per heavy atom. The molecule has 11 atom stereocenters. The fourth-order valence-corrected chi connectivity index (χ4v) is 6.82. The highest BCUT2D eigenvalue weighted by Gasteiger charge is 2.66. The monoisotopic (exact) mass is 600 g/mol. The van der Waals surface area contributed by atoms with E-state index in [-0.39, 0.29) is 29.6 Å². The van der Waals surface area contributed by atoms with E-state index in [1.807, 2.05) is 19.9 Å². The molecule has 11 heteroatoms. The third-order valence-electron chi connectivity index (χ3n) is 9.67. The van der Waals surface area contributed by atoms with Crippen molar-refractivity contribution >= 4 is 17.6 Å². The molecule has 2 bridgehead atoms. The zero-order valence-electron chi connectivity index (χ0n) is 25.9. The lowest BCUT2D eigenvalue weighted by Gasteiger charge is -2.51. The number of Topliss-reactive ketones (excluding diaryl/α,β-unsaturated/α-hetero) is 1. The molecule has 0 aromatic heterocycles. The Bertz CT molecular complexity index is 1280. The number of ketones is 1. The molecule has 0 aliphatic carbocycles. The summed E-state index contributed by atoms with van der Waals surface area (Å²) in [4.78, 5) is 41.1. The van der Waals surface area contributed by atoms with Crippen molar-refractivity contribution < 1.29 is 43.5 Å². The number of rotatable bonds is 7. The molecule has 236 valence electrons. The number of nitrogens with zero attached hydrogens (tertiary/aromatic N) is 1. The SMILES string of the molecule is CNC(=O)C(C)[C@H]1C(=O)\C(=C(O)/C=C/C(C)=C/[C@@H](C)C2OC3(C)OC(C=C[C@@]34CO4)C2C)C(=O)N1[C@@H]1CC[C@H](O)[C@H](C)O1. The number of likely N-dealkylation sites (tertiary alicyclic amines) is 1. The molecule has 4 saturated heterocycles. The maximum Gasteiger partial charge on any atom is 0.264 e. The van der Waals surface area contributed by atoms with E-state index in [1.165, 1.54) is 18.0 Å². The first kappa shape index (κ1) is 31.6. The van der Waals surface area contributed by atoms with Crippen molar-refractivity contribution in [1.82, 2.24) is 10.2 Å². The number of aliphatic hydroxyl groups excluding tert-OH is 2. The van der Waals surface area contributed by atoms with E-state index in [4.69, 9.17) is 18.9 Å². The van der Waals surface area contributed by atoms with Gasteiger partial charge in [0.15, 0.2) is 11.4 Å². The van der Waals surface area contributed by atoms with E-state index in [0.29, 0.717) is 19.4 Å². The fraction of sp³-hybridized carbons (Fsp3) is 0.656. The Morgan fingerprint density at radius 1 is 1.19 bits per heavy atom. The minimum atomic E-state index is -1.15. The Labute approximate surface area is 252 Å². The first-order valence-electron chi connectivity index (χ1n) is 15.1. The second-order valence-electron chi connectivity index (χ2n) is 12.7. The summed E-state index contributed by atoms with van der Waals surface area (Å²) >= 11 is 0. The normalized spacial score (nSPS) is 42.0. The van der Waals surface area contributed by atoms with Crippen LogP contribution in [0.3, 0.4) is 0 Å². The minimum Gasteiger partial charge on any atom is -0.507 e. The van der Waals surface area contributed by atoms with Gasteiger partial charge < -0.3 is 39.4 Å². The number of nitrogens with one attached hydrogen (secondary N) is 1. The topological polar surface area (TPSA) is 147 Å². The number of allylic oxidation sites excluding steroid dienone is 3. The van der Waals surface area contributed by atoms with Crippen LogP contribution in [0.25, 0.3) is 0 Å². The Morgan fingerprint density at radius 2 is 1.88 bits per heavy atom. The van der Waals surface area contributed by atoms with Crippen molar-refractivity contribution in [3.63, 3.8) is 0 Å². The molecule has 5 unspecified atom stereocenters. The van der Waals surface area contributed by atoms with Gasteiger partial charge in [0.2, 0.25) is 11.7 Å². The molecule has 0 aromatic carbocycles. The molecule has 5 heterocycles. The van der Waals surface area contributed by atoms with E-state index in [2.05, 4.69) is 31.3 Å². The number of hydrogen-bond acceptors (Lipinski definition) is 9. The molecule has 5 rings (SSSR count). The number of aliphatic hydroxyl groups is 2. The van der Waals surface area contributed by atoms with Gasteiger partial charge in [0.1, 0.15) is 23.6 Å². The van der Waals surface area contributed by atoms with E-state index < -0.39 is 65.1 Å². The molecule has 0 saturated carbocycles. The van der Waals surface area contributed by atoms with Crippen LogP contribution in [0.4, 0.5) is 0 Å². The van der Waals surface area contributed by atoms with Crippen LogP contribution in [0.15, 0.2) is 47.3 Å². The maximum absolute atomic E-state index is 13.6. The number of fused-ring (bicyclic) bond motifs is 3. The van der Waals surface area contributed by atoms with Gasteiger partial charge in [0.25, 0.3) is 5.91 Å². The number of epoxide rings is 1. The Kier molecular flexibility index (Phi) is 8.51. The van der Waals surface area contributed by atoms with E-state index in [9.17, 15) is 24.6 Å². The summed E-state index contributed by atoms with van der Waals surface area (Å²) in [6, 6.07) is -1.15. The lowest BCUT2D eigenvalue weighted by molar-refractivity contribution is -0.346. The number of amides is 2. The number of ether oxygens (including phenoxy) is 4. The lowest BCUT2D eigenvalue weighted by atomic mass is 9.82. The van der Waals surface area contributed by atoms with Crippen molar-refractivity contribution in [2.45, 2.75) is 102 Å². The average Bonchev–Trinajstić information content (AvgIpc) is 3.71. The van der Waals surface area contributed by atoms with E-state index in [1.54, 1.807) is 19.9 Å². The third kappa shape index (κ3) is 5.50. The highest BCUT2D eigenvalue weighted by atomic mass is 16.8. The van der Waals surface area contributed by atoms with Crippen LogP contribution in [0.5, 0.6) is 0 Å². The number of hydrogen-bond donors (Lipinski definition) is 3. The zero-order chi connectivity index (χ0) is 31.4. The molecule has 5 aliphatic heterocycles. The molecule has 1 spiro atoms. The fourth-order valence-electron chi connectivity index (χ4n) is 6.82. The second kappa shape index (κ2) is 11.6. The second-order valence-corrected chi connectivity index (χ2v) is 12.7. The number of carbonyl (C=O) groups excluding carboxylic acids is 3. The van der Waals surface area contributed by atoms with Crippen molar-refractivity contribution in [1.29, 1.82) is 0 Å². The lowest BCUT2D eigenvalue weighted by Crippen LogP contribution is -2.61. The standard InChI is InChI=1S/C32H44N2O9/c1-16(14-17(2)28-18(3)23-12-13-32(15-40-32)31(6,42-23)43-28)8-9-22(36)25-27(37)26(19(4)29(38)33-7)34(30(25)39)24-11-10-21(35)20(5)41-24/h8-9,12-14,17-21,23-24,26,28,35-36H,10-11,15H2,1-7H3,(H,33,38)/b9-8+,16-14+,25-22-/t17-,18?,19?,20+,21+,23?,24+,26+,28?,31?,32-/m1/s1. The van der Waals surface area contributed by atoms with Crippen molar-refractivity contribution in [3.05, 3.63) is 47.3 Å². The van der Waals surface area contributed by atoms with Crippen LogP contribution < -0.4 is 5.32 Å². The molecule has 4 fully saturated rings. The number of carbonyl (C=O) groups is 3. The minimum absolute atomic E-state index is 0.0220. The van der Waals surface area contributed by atoms with Gasteiger partial charge in [0.05, 0.1) is 36.9 Å². The predicted molar refractivity (Wildman–Crippen MR) is 155 cm³/mol. The van der Waals surface area contributed by atoms with Gasteiger partial charge in [-0.2, -0.15) is 0 Å². The van der Waals surface area contributed by atoms with Crippen LogP contribution in [0.1, 0.15) is 54.4 Å². The first-order chi connectivity index (χ1) is 20.2. The van der Waals surface area contributed by atoms with Crippen molar-refractivity contribution in [3.8, 4) is 0 Å². The molecule has 43 heavy (non-hydrogen) atoms. The summed E-state index contributed by atoms with van der Waals surface area (Å²) < 4.78 is 24.3. The van der Waals surface area contributed by atoms with E-state index in [0.717, 1.165) is 5.57 Å². The van der Waals surface area contributed by atoms with Crippen molar-refractivity contribution in [2.75, 3.05) is 13.7 Å². The maximum atomic E-state index is 13.6. The Balaban J connectivity index is 1.36. The van der Waals surface area contributed by atoms with Crippen LogP contribution in [-0.4, -0.2) is 94.4 Å². The quantitative estimate of drug-likeness (QED) is 0.100. The van der Waals surface area contributed by atoms with Crippen LogP contribution in [-0.2, 0) is 33.3 Å². The van der Waals surface area contributed by atoms with Gasteiger partial charge in [-0.3, -0.25) is 14.4 Å². The van der Waals surface area contributed by atoms with Gasteiger partial charge in [-0.15, -0.1) is 0 Å². The molecule has 3 N–H and O–H groups in total.